The van der Waals surface area contributed by atoms with Crippen molar-refractivity contribution in [2.75, 3.05) is 4.90 Å². The normalized spacial score (nSPS) is 13.0. The zero-order valence-electron chi connectivity index (χ0n) is 46.1. The molecular formula is C81H55NO2. The molecule has 1 aliphatic carbocycles. The quantitative estimate of drug-likeness (QED) is 0.159. The molecule has 0 atom stereocenters. The van der Waals surface area contributed by atoms with E-state index in [1.54, 1.807) is 0 Å². The molecule has 84 heavy (non-hydrogen) atoms. The molecular weight excluding hydrogens is 1020 g/mol. The van der Waals surface area contributed by atoms with Crippen LogP contribution in [0, 0.1) is 0 Å². The van der Waals surface area contributed by atoms with Crippen molar-refractivity contribution >= 4 is 17.1 Å². The van der Waals surface area contributed by atoms with Crippen LogP contribution >= 0.6 is 0 Å². The molecule has 1 spiro atoms. The van der Waals surface area contributed by atoms with E-state index in [2.05, 4.69) is 314 Å². The number of para-hydroxylation sites is 7. The van der Waals surface area contributed by atoms with E-state index in [9.17, 15) is 0 Å². The number of anilines is 3. The summed E-state index contributed by atoms with van der Waals surface area (Å²) in [5, 5.41) is 0. The molecule has 0 radical (unpaired) electrons. The third kappa shape index (κ3) is 8.03. The molecule has 0 aromatic heterocycles. The van der Waals surface area contributed by atoms with Gasteiger partial charge in [-0.25, -0.2) is 0 Å². The van der Waals surface area contributed by atoms with Crippen LogP contribution in [0.4, 0.5) is 17.1 Å². The maximum Gasteiger partial charge on any atom is 0.132 e. The van der Waals surface area contributed by atoms with Gasteiger partial charge >= 0.3 is 0 Å². The van der Waals surface area contributed by atoms with E-state index in [0.29, 0.717) is 12.8 Å². The van der Waals surface area contributed by atoms with Gasteiger partial charge in [0.2, 0.25) is 0 Å². The second-order valence-corrected chi connectivity index (χ2v) is 22.1. The van der Waals surface area contributed by atoms with E-state index < -0.39 is 5.41 Å². The lowest BCUT2D eigenvalue weighted by Crippen LogP contribution is -2.32. The molecule has 2 aliphatic heterocycles. The molecule has 13 aromatic carbocycles. The highest BCUT2D eigenvalue weighted by atomic mass is 16.5. The third-order valence-corrected chi connectivity index (χ3v) is 17.6. The Hall–Kier alpha value is -10.7. The average Bonchev–Trinajstić information content (AvgIpc) is 2.14. The van der Waals surface area contributed by atoms with E-state index >= 15 is 0 Å². The molecule has 3 nitrogen and oxygen atoms in total. The van der Waals surface area contributed by atoms with Crippen LogP contribution in [0.3, 0.4) is 0 Å². The minimum atomic E-state index is -0.573. The molecule has 0 unspecified atom stereocenters. The molecule has 3 aliphatic rings. The lowest BCUT2D eigenvalue weighted by molar-refractivity contribution is 0.436. The van der Waals surface area contributed by atoms with Crippen molar-refractivity contribution in [3.8, 4) is 89.8 Å². The van der Waals surface area contributed by atoms with Gasteiger partial charge in [-0.2, -0.15) is 0 Å². The van der Waals surface area contributed by atoms with Crippen LogP contribution in [0.15, 0.2) is 309 Å². The summed E-state index contributed by atoms with van der Waals surface area (Å²) in [6.45, 7) is 0. The average molecular weight is 1070 g/mol. The van der Waals surface area contributed by atoms with E-state index in [-0.39, 0.29) is 0 Å². The first-order chi connectivity index (χ1) is 41.7. The fourth-order valence-corrected chi connectivity index (χ4v) is 13.8. The highest BCUT2D eigenvalue weighted by Crippen LogP contribution is 2.63. The Morgan fingerprint density at radius 2 is 0.643 bits per heavy atom. The molecule has 0 bridgehead atoms. The van der Waals surface area contributed by atoms with Gasteiger partial charge in [-0.05, 0) is 132 Å². The summed E-state index contributed by atoms with van der Waals surface area (Å²) in [6.07, 6.45) is 1.39. The van der Waals surface area contributed by atoms with Gasteiger partial charge in [-0.15, -0.1) is 0 Å². The molecule has 0 fully saturated rings. The van der Waals surface area contributed by atoms with Gasteiger partial charge in [-0.1, -0.05) is 261 Å². The van der Waals surface area contributed by atoms with Crippen molar-refractivity contribution in [3.63, 3.8) is 0 Å². The fourth-order valence-electron chi connectivity index (χ4n) is 13.8. The maximum absolute atomic E-state index is 6.88. The minimum absolute atomic E-state index is 0.573. The highest BCUT2D eigenvalue weighted by molar-refractivity contribution is 6.01. The predicted molar refractivity (Wildman–Crippen MR) is 344 cm³/mol. The number of hydrogen-bond donors (Lipinski definition) is 0. The smallest absolute Gasteiger partial charge is 0.132 e. The Labute approximate surface area is 490 Å². The van der Waals surface area contributed by atoms with Crippen LogP contribution in [-0.4, -0.2) is 0 Å². The minimum Gasteiger partial charge on any atom is -0.457 e. The number of hydrogen-bond acceptors (Lipinski definition) is 3. The molecule has 0 amide bonds. The Morgan fingerprint density at radius 1 is 0.238 bits per heavy atom. The van der Waals surface area contributed by atoms with Crippen LogP contribution in [0.1, 0.15) is 44.5 Å². The number of benzene rings is 13. The third-order valence-electron chi connectivity index (χ3n) is 17.6. The van der Waals surface area contributed by atoms with E-state index in [0.717, 1.165) is 95.7 Å². The Bertz CT molecular complexity index is 4640. The first-order valence-corrected chi connectivity index (χ1v) is 29.1. The van der Waals surface area contributed by atoms with Gasteiger partial charge in [0.1, 0.15) is 23.0 Å². The summed E-state index contributed by atoms with van der Waals surface area (Å²) >= 11 is 0. The SMILES string of the molecule is c1ccc(-c2ccc(-c3ccccc3N(c3ccccc3-c3ccc4c(c3)-c3ccccc3C43c4ccccc4Oc4ccccc43)c3ccccc3-c3cccc4c3-c3ccccc3Cc3ccccc3Oc3ccccc3C4)cc2)cc1. The molecule has 0 saturated carbocycles. The summed E-state index contributed by atoms with van der Waals surface area (Å²) in [7, 11) is 0. The van der Waals surface area contributed by atoms with Crippen molar-refractivity contribution in [2.24, 2.45) is 0 Å². The zero-order chi connectivity index (χ0) is 55.6. The van der Waals surface area contributed by atoms with Gasteiger partial charge < -0.3 is 14.4 Å². The fraction of sp³-hybridized carbons (Fsp3) is 0.0370. The maximum atomic E-state index is 6.88. The molecule has 0 saturated heterocycles. The first-order valence-electron chi connectivity index (χ1n) is 29.1. The van der Waals surface area contributed by atoms with Crippen molar-refractivity contribution in [3.05, 3.63) is 354 Å². The number of ether oxygens (including phenoxy) is 2. The summed E-state index contributed by atoms with van der Waals surface area (Å²) < 4.78 is 13.6. The van der Waals surface area contributed by atoms with Gasteiger partial charge in [0.25, 0.3) is 0 Å². The van der Waals surface area contributed by atoms with Crippen LogP contribution in [-0.2, 0) is 18.3 Å². The molecule has 0 N–H and O–H groups in total. The topological polar surface area (TPSA) is 21.7 Å². The molecule has 2 heterocycles. The van der Waals surface area contributed by atoms with Crippen LogP contribution < -0.4 is 14.4 Å². The lowest BCUT2D eigenvalue weighted by Gasteiger charge is -2.39. The highest BCUT2D eigenvalue weighted by Gasteiger charge is 2.51. The second-order valence-electron chi connectivity index (χ2n) is 22.1. The molecule has 13 aromatic rings. The van der Waals surface area contributed by atoms with Crippen LogP contribution in [0.2, 0.25) is 0 Å². The van der Waals surface area contributed by atoms with E-state index in [4.69, 9.17) is 9.47 Å². The number of rotatable bonds is 7. The monoisotopic (exact) mass is 1070 g/mol. The van der Waals surface area contributed by atoms with Gasteiger partial charge in [-0.3, -0.25) is 0 Å². The number of nitrogens with zero attached hydrogens (tertiary/aromatic N) is 1. The van der Waals surface area contributed by atoms with Crippen molar-refractivity contribution < 1.29 is 9.47 Å². The van der Waals surface area contributed by atoms with E-state index in [1.807, 2.05) is 0 Å². The molecule has 3 heteroatoms. The predicted octanol–water partition coefficient (Wildman–Crippen LogP) is 21.2. The van der Waals surface area contributed by atoms with Crippen molar-refractivity contribution in [2.45, 2.75) is 18.3 Å². The molecule has 396 valence electrons. The standard InChI is InChI=1S/C81H55NO2/c1-2-23-54(24-3-1)55-45-47-56(48-46-55)62-29-9-15-38-73(62)82(74-39-16-10-30-63(74)58-49-50-70-68(53-58)65-32-8-12-35-69(65)81(70)71-36-13-20-43-78(71)84-79-44-21-14-37-72(79)81)75-40-17-11-33-66(75)67-34-22-28-61-52-60-27-6-19-42-77(60)83-76-41-18-5-26-59(76)51-57-25-4-7-31-64(57)80(61)67/h1-50,53H,51-52H2. The van der Waals surface area contributed by atoms with Gasteiger partial charge in [0.15, 0.2) is 0 Å². The Balaban J connectivity index is 0.927. The Morgan fingerprint density at radius 3 is 1.30 bits per heavy atom. The van der Waals surface area contributed by atoms with Crippen molar-refractivity contribution in [1.82, 2.24) is 0 Å². The number of fused-ring (bicyclic) bond motifs is 14. The van der Waals surface area contributed by atoms with Crippen LogP contribution in [0.25, 0.3) is 66.8 Å². The second kappa shape index (κ2) is 20.4. The summed E-state index contributed by atoms with van der Waals surface area (Å²) in [5.74, 6) is 3.52. The van der Waals surface area contributed by atoms with Crippen molar-refractivity contribution in [1.29, 1.82) is 0 Å². The lowest BCUT2D eigenvalue weighted by atomic mass is 9.66. The largest absolute Gasteiger partial charge is 0.457 e. The van der Waals surface area contributed by atoms with Crippen LogP contribution in [0.5, 0.6) is 23.0 Å². The summed E-state index contributed by atoms with van der Waals surface area (Å²) in [4.78, 5) is 2.54. The molecule has 16 rings (SSSR count). The zero-order valence-corrected chi connectivity index (χ0v) is 46.1. The Kier molecular flexibility index (Phi) is 11.9. The van der Waals surface area contributed by atoms with Gasteiger partial charge in [0, 0.05) is 40.7 Å². The van der Waals surface area contributed by atoms with E-state index in [1.165, 1.54) is 55.6 Å². The summed E-state index contributed by atoms with van der Waals surface area (Å²) in [6, 6.07) is 113. The van der Waals surface area contributed by atoms with Gasteiger partial charge in [0.05, 0.1) is 22.5 Å². The first kappa shape index (κ1) is 49.1. The summed E-state index contributed by atoms with van der Waals surface area (Å²) in [5.41, 5.74) is 26.2.